The third-order valence-corrected chi connectivity index (χ3v) is 1.27. The topological polar surface area (TPSA) is 9.23 Å². The zero-order chi connectivity index (χ0) is 7.28. The number of ether oxygens (including phenoxy) is 1. The molecule has 54 valence electrons. The maximum atomic E-state index is 5.65. The van der Waals surface area contributed by atoms with Gasteiger partial charge in [-0.3, -0.25) is 0 Å². The van der Waals surface area contributed by atoms with Gasteiger partial charge in [0, 0.05) is 0 Å². The molecule has 0 aliphatic carbocycles. The predicted octanol–water partition coefficient (Wildman–Crippen LogP) is 2.55. The van der Waals surface area contributed by atoms with Crippen molar-refractivity contribution in [3.8, 4) is 0 Å². The summed E-state index contributed by atoms with van der Waals surface area (Å²) < 4.78 is 5.12. The molecule has 1 nitrogen and oxygen atoms in total. The molecule has 0 saturated heterocycles. The molecule has 2 heteroatoms. The van der Waals surface area contributed by atoms with Gasteiger partial charge >= 0.3 is 0 Å². The van der Waals surface area contributed by atoms with Crippen molar-refractivity contribution in [1.82, 2.24) is 0 Å². The normalized spacial score (nSPS) is 13.2. The molecule has 9 heavy (non-hydrogen) atoms. The smallest absolute Gasteiger partial charge is 0.131 e. The first-order valence-electron chi connectivity index (χ1n) is 3.07. The van der Waals surface area contributed by atoms with Crippen LogP contribution >= 0.6 is 11.6 Å². The van der Waals surface area contributed by atoms with E-state index in [9.17, 15) is 0 Å². The van der Waals surface area contributed by atoms with Crippen molar-refractivity contribution >= 4 is 11.6 Å². The molecular weight excluding hydrogens is 136 g/mol. The van der Waals surface area contributed by atoms with Crippen LogP contribution in [-0.4, -0.2) is 12.2 Å². The van der Waals surface area contributed by atoms with Crippen molar-refractivity contribution in [2.45, 2.75) is 25.8 Å². The summed E-state index contributed by atoms with van der Waals surface area (Å²) in [6, 6.07) is 0. The third-order valence-electron chi connectivity index (χ3n) is 0.832. The van der Waals surface area contributed by atoms with E-state index >= 15 is 0 Å². The molecule has 1 atom stereocenters. The Balaban J connectivity index is 3.16. The summed E-state index contributed by atoms with van der Waals surface area (Å²) in [4.78, 5) is 0. The van der Waals surface area contributed by atoms with Crippen LogP contribution in [0.4, 0.5) is 0 Å². The summed E-state index contributed by atoms with van der Waals surface area (Å²) in [7, 11) is 0. The third kappa shape index (κ3) is 5.87. The van der Waals surface area contributed by atoms with Gasteiger partial charge in [-0.1, -0.05) is 30.7 Å². The van der Waals surface area contributed by atoms with E-state index in [1.165, 1.54) is 0 Å². The Morgan fingerprint density at radius 3 is 2.67 bits per heavy atom. The Labute approximate surface area is 61.7 Å². The molecule has 0 heterocycles. The Morgan fingerprint density at radius 2 is 2.33 bits per heavy atom. The SMILES string of the molecule is C=C(C)COC(Cl)CC. The monoisotopic (exact) mass is 148 g/mol. The van der Waals surface area contributed by atoms with E-state index in [0.717, 1.165) is 12.0 Å². The van der Waals surface area contributed by atoms with Crippen LogP contribution < -0.4 is 0 Å². The first-order chi connectivity index (χ1) is 4.16. The number of hydrogen-bond donors (Lipinski definition) is 0. The molecule has 0 saturated carbocycles. The summed E-state index contributed by atoms with van der Waals surface area (Å²) in [6.07, 6.45) is 0.842. The van der Waals surface area contributed by atoms with E-state index in [0.29, 0.717) is 6.61 Å². The lowest BCUT2D eigenvalue weighted by Gasteiger charge is -2.06. The summed E-state index contributed by atoms with van der Waals surface area (Å²) >= 11 is 5.65. The van der Waals surface area contributed by atoms with Crippen LogP contribution in [0.2, 0.25) is 0 Å². The minimum Gasteiger partial charge on any atom is -0.358 e. The van der Waals surface area contributed by atoms with E-state index in [1.54, 1.807) is 0 Å². The highest BCUT2D eigenvalue weighted by molar-refractivity contribution is 6.19. The lowest BCUT2D eigenvalue weighted by Crippen LogP contribution is -2.04. The zero-order valence-corrected chi connectivity index (χ0v) is 6.74. The number of hydrogen-bond acceptors (Lipinski definition) is 1. The van der Waals surface area contributed by atoms with Gasteiger partial charge in [-0.05, 0) is 13.3 Å². The van der Waals surface area contributed by atoms with Gasteiger partial charge in [0.15, 0.2) is 0 Å². The van der Waals surface area contributed by atoms with Crippen LogP contribution in [0.15, 0.2) is 12.2 Å². The minimum atomic E-state index is -0.151. The van der Waals surface area contributed by atoms with Crippen molar-refractivity contribution in [1.29, 1.82) is 0 Å². The van der Waals surface area contributed by atoms with Gasteiger partial charge in [-0.2, -0.15) is 0 Å². The molecule has 0 aromatic rings. The van der Waals surface area contributed by atoms with E-state index in [1.807, 2.05) is 13.8 Å². The van der Waals surface area contributed by atoms with E-state index in [4.69, 9.17) is 16.3 Å². The molecule has 0 N–H and O–H groups in total. The molecule has 0 aliphatic rings. The Morgan fingerprint density at radius 1 is 1.78 bits per heavy atom. The highest BCUT2D eigenvalue weighted by Gasteiger charge is 1.98. The number of alkyl halides is 1. The highest BCUT2D eigenvalue weighted by Crippen LogP contribution is 2.03. The number of rotatable bonds is 4. The molecular formula is C7H13ClO. The second kappa shape index (κ2) is 4.83. The van der Waals surface area contributed by atoms with Gasteiger partial charge in [0.2, 0.25) is 0 Å². The lowest BCUT2D eigenvalue weighted by atomic mass is 10.4. The van der Waals surface area contributed by atoms with E-state index in [2.05, 4.69) is 6.58 Å². The molecule has 0 aliphatic heterocycles. The van der Waals surface area contributed by atoms with Crippen molar-refractivity contribution in [2.24, 2.45) is 0 Å². The van der Waals surface area contributed by atoms with Crippen LogP contribution in [0.5, 0.6) is 0 Å². The van der Waals surface area contributed by atoms with Crippen molar-refractivity contribution in [3.63, 3.8) is 0 Å². The quantitative estimate of drug-likeness (QED) is 0.440. The fourth-order valence-electron chi connectivity index (χ4n) is 0.351. The maximum Gasteiger partial charge on any atom is 0.131 e. The van der Waals surface area contributed by atoms with Crippen LogP contribution in [0, 0.1) is 0 Å². The molecule has 0 fully saturated rings. The van der Waals surface area contributed by atoms with Crippen molar-refractivity contribution in [2.75, 3.05) is 6.61 Å². The lowest BCUT2D eigenvalue weighted by molar-refractivity contribution is 0.125. The Hall–Kier alpha value is -0.0100. The van der Waals surface area contributed by atoms with E-state index in [-0.39, 0.29) is 5.56 Å². The van der Waals surface area contributed by atoms with E-state index < -0.39 is 0 Å². The highest BCUT2D eigenvalue weighted by atomic mass is 35.5. The van der Waals surface area contributed by atoms with Crippen LogP contribution in [0.25, 0.3) is 0 Å². The Kier molecular flexibility index (Phi) is 4.83. The minimum absolute atomic E-state index is 0.151. The van der Waals surface area contributed by atoms with Crippen LogP contribution in [-0.2, 0) is 4.74 Å². The van der Waals surface area contributed by atoms with Gasteiger partial charge in [0.05, 0.1) is 6.61 Å². The van der Waals surface area contributed by atoms with Gasteiger partial charge in [0.1, 0.15) is 5.56 Å². The molecule has 1 unspecified atom stereocenters. The second-order valence-corrected chi connectivity index (χ2v) is 2.57. The first kappa shape index (κ1) is 8.99. The van der Waals surface area contributed by atoms with Gasteiger partial charge in [-0.25, -0.2) is 0 Å². The first-order valence-corrected chi connectivity index (χ1v) is 3.50. The van der Waals surface area contributed by atoms with Gasteiger partial charge in [-0.15, -0.1) is 0 Å². The maximum absolute atomic E-state index is 5.65. The second-order valence-electron chi connectivity index (χ2n) is 2.09. The molecule has 0 bridgehead atoms. The van der Waals surface area contributed by atoms with Crippen molar-refractivity contribution < 1.29 is 4.74 Å². The van der Waals surface area contributed by atoms with Gasteiger partial charge < -0.3 is 4.74 Å². The zero-order valence-electron chi connectivity index (χ0n) is 5.98. The molecule has 0 aromatic carbocycles. The summed E-state index contributed by atoms with van der Waals surface area (Å²) in [5, 5.41) is 0. The number of halogens is 1. The molecule has 0 radical (unpaired) electrons. The average molecular weight is 149 g/mol. The standard InChI is InChI=1S/C7H13ClO/c1-4-7(8)9-5-6(2)3/h7H,2,4-5H2,1,3H3. The molecule has 0 rings (SSSR count). The van der Waals surface area contributed by atoms with Gasteiger partial charge in [0.25, 0.3) is 0 Å². The predicted molar refractivity (Wildman–Crippen MR) is 40.7 cm³/mol. The fraction of sp³-hybridized carbons (Fsp3) is 0.714. The molecule has 0 aromatic heterocycles. The average Bonchev–Trinajstić information content (AvgIpc) is 1.83. The Bertz CT molecular complexity index is 90.9. The van der Waals surface area contributed by atoms with Crippen molar-refractivity contribution in [3.05, 3.63) is 12.2 Å². The fourth-order valence-corrected chi connectivity index (χ4v) is 0.414. The van der Waals surface area contributed by atoms with Crippen LogP contribution in [0.3, 0.4) is 0 Å². The van der Waals surface area contributed by atoms with Crippen LogP contribution in [0.1, 0.15) is 20.3 Å². The summed E-state index contributed by atoms with van der Waals surface area (Å²) in [6.45, 7) is 8.15. The largest absolute Gasteiger partial charge is 0.358 e. The molecule has 0 amide bonds. The molecule has 0 spiro atoms. The summed E-state index contributed by atoms with van der Waals surface area (Å²) in [5.41, 5.74) is 0.857. The summed E-state index contributed by atoms with van der Waals surface area (Å²) in [5.74, 6) is 0.